The molecular formula is C24H16BrN3O3. The SMILES string of the molecule is N#C/C(=C\c1cc(Br)ccc1OCc1ccc(C(=O)O)cc1)c1nc2ccccc2[nH]1. The number of hydrogen-bond donors (Lipinski definition) is 2. The molecule has 4 aromatic rings. The first-order valence-electron chi connectivity index (χ1n) is 9.35. The van der Waals surface area contributed by atoms with Crippen LogP contribution in [-0.4, -0.2) is 21.0 Å². The molecule has 0 spiro atoms. The summed E-state index contributed by atoms with van der Waals surface area (Å²) in [4.78, 5) is 18.7. The second-order valence-corrected chi connectivity index (χ2v) is 7.66. The van der Waals surface area contributed by atoms with Crippen molar-refractivity contribution in [3.63, 3.8) is 0 Å². The number of ether oxygens (including phenoxy) is 1. The standard InChI is InChI=1S/C24H16BrN3O3/c25-19-9-10-22(31-14-15-5-7-16(8-6-15)24(29)30)17(12-19)11-18(13-26)23-27-20-3-1-2-4-21(20)28-23/h1-12H,14H2,(H,27,28)(H,29,30)/b18-11+. The number of carbonyl (C=O) groups is 1. The number of halogens is 1. The Hall–Kier alpha value is -3.89. The lowest BCUT2D eigenvalue weighted by atomic mass is 10.1. The summed E-state index contributed by atoms with van der Waals surface area (Å²) < 4.78 is 6.81. The molecule has 0 aliphatic carbocycles. The largest absolute Gasteiger partial charge is 0.488 e. The molecule has 6 nitrogen and oxygen atoms in total. The Morgan fingerprint density at radius 2 is 1.94 bits per heavy atom. The number of aromatic nitrogens is 2. The van der Waals surface area contributed by atoms with Gasteiger partial charge in [-0.1, -0.05) is 40.2 Å². The van der Waals surface area contributed by atoms with Gasteiger partial charge in [-0.25, -0.2) is 9.78 Å². The van der Waals surface area contributed by atoms with Crippen molar-refractivity contribution in [3.05, 3.63) is 93.7 Å². The maximum absolute atomic E-state index is 11.0. The number of carboxylic acid groups (broad SMARTS) is 1. The van der Waals surface area contributed by atoms with Gasteiger partial charge >= 0.3 is 5.97 Å². The van der Waals surface area contributed by atoms with Gasteiger partial charge in [0, 0.05) is 10.0 Å². The molecule has 0 aliphatic rings. The van der Waals surface area contributed by atoms with Crippen molar-refractivity contribution in [2.75, 3.05) is 0 Å². The molecule has 31 heavy (non-hydrogen) atoms. The monoisotopic (exact) mass is 473 g/mol. The highest BCUT2D eigenvalue weighted by atomic mass is 79.9. The Kier molecular flexibility index (Phi) is 5.83. The van der Waals surface area contributed by atoms with Gasteiger partial charge in [-0.15, -0.1) is 0 Å². The van der Waals surface area contributed by atoms with Gasteiger partial charge in [0.25, 0.3) is 0 Å². The van der Waals surface area contributed by atoms with Crippen LogP contribution >= 0.6 is 15.9 Å². The maximum atomic E-state index is 11.0. The van der Waals surface area contributed by atoms with E-state index >= 15 is 0 Å². The molecule has 0 unspecified atom stereocenters. The number of hydrogen-bond acceptors (Lipinski definition) is 4. The van der Waals surface area contributed by atoms with E-state index < -0.39 is 5.97 Å². The fourth-order valence-corrected chi connectivity index (χ4v) is 3.44. The molecule has 0 aliphatic heterocycles. The Morgan fingerprint density at radius 3 is 2.65 bits per heavy atom. The highest BCUT2D eigenvalue weighted by Crippen LogP contribution is 2.28. The number of fused-ring (bicyclic) bond motifs is 1. The fourth-order valence-electron chi connectivity index (χ4n) is 3.06. The van der Waals surface area contributed by atoms with Crippen molar-refractivity contribution >= 4 is 44.6 Å². The van der Waals surface area contributed by atoms with Crippen LogP contribution in [0.25, 0.3) is 22.7 Å². The summed E-state index contributed by atoms with van der Waals surface area (Å²) in [5, 5.41) is 18.7. The summed E-state index contributed by atoms with van der Waals surface area (Å²) in [5.41, 5.74) is 3.79. The van der Waals surface area contributed by atoms with Crippen LogP contribution in [0.5, 0.6) is 5.75 Å². The third-order valence-electron chi connectivity index (χ3n) is 4.63. The van der Waals surface area contributed by atoms with E-state index in [9.17, 15) is 10.1 Å². The molecule has 3 aromatic carbocycles. The summed E-state index contributed by atoms with van der Waals surface area (Å²) >= 11 is 3.46. The van der Waals surface area contributed by atoms with Crippen molar-refractivity contribution in [1.82, 2.24) is 9.97 Å². The van der Waals surface area contributed by atoms with Crippen molar-refractivity contribution in [1.29, 1.82) is 5.26 Å². The second-order valence-electron chi connectivity index (χ2n) is 6.75. The Bertz CT molecular complexity index is 1300. The molecule has 1 heterocycles. The zero-order valence-corrected chi connectivity index (χ0v) is 17.8. The number of rotatable bonds is 6. The third-order valence-corrected chi connectivity index (χ3v) is 5.13. The summed E-state index contributed by atoms with van der Waals surface area (Å²) in [6.07, 6.45) is 1.73. The van der Waals surface area contributed by atoms with Crippen molar-refractivity contribution in [2.45, 2.75) is 6.61 Å². The molecule has 0 saturated carbocycles. The van der Waals surface area contributed by atoms with E-state index in [4.69, 9.17) is 9.84 Å². The summed E-state index contributed by atoms with van der Waals surface area (Å²) in [5.74, 6) is 0.107. The second kappa shape index (κ2) is 8.86. The molecule has 7 heteroatoms. The van der Waals surface area contributed by atoms with E-state index in [-0.39, 0.29) is 12.2 Å². The summed E-state index contributed by atoms with van der Waals surface area (Å²) in [6, 6.07) is 21.8. The number of aromatic amines is 1. The number of carboxylic acids is 1. The van der Waals surface area contributed by atoms with Gasteiger partial charge in [-0.2, -0.15) is 5.26 Å². The molecule has 0 amide bonds. The number of para-hydroxylation sites is 2. The number of nitriles is 1. The van der Waals surface area contributed by atoms with E-state index in [1.807, 2.05) is 42.5 Å². The van der Waals surface area contributed by atoms with Gasteiger partial charge in [0.2, 0.25) is 0 Å². The number of benzene rings is 3. The van der Waals surface area contributed by atoms with Gasteiger partial charge in [0.15, 0.2) is 0 Å². The van der Waals surface area contributed by atoms with Crippen LogP contribution in [-0.2, 0) is 6.61 Å². The van der Waals surface area contributed by atoms with Gasteiger partial charge in [0.05, 0.1) is 22.2 Å². The minimum Gasteiger partial charge on any atom is -0.488 e. The Balaban J connectivity index is 1.62. The lowest BCUT2D eigenvalue weighted by Crippen LogP contribution is -2.00. The Morgan fingerprint density at radius 1 is 1.16 bits per heavy atom. The van der Waals surface area contributed by atoms with Crippen LogP contribution in [0.4, 0.5) is 0 Å². The lowest BCUT2D eigenvalue weighted by Gasteiger charge is -2.10. The molecule has 0 fully saturated rings. The predicted molar refractivity (Wildman–Crippen MR) is 121 cm³/mol. The number of H-pyrrole nitrogens is 1. The quantitative estimate of drug-likeness (QED) is 0.351. The van der Waals surface area contributed by atoms with Crippen LogP contribution in [0.3, 0.4) is 0 Å². The number of aromatic carboxylic acids is 1. The van der Waals surface area contributed by atoms with Gasteiger partial charge in [-0.3, -0.25) is 0 Å². The molecular weight excluding hydrogens is 458 g/mol. The first-order chi connectivity index (χ1) is 15.0. The van der Waals surface area contributed by atoms with Gasteiger partial charge in [-0.05, 0) is 54.1 Å². The van der Waals surface area contributed by atoms with Crippen molar-refractivity contribution in [2.24, 2.45) is 0 Å². The molecule has 0 bridgehead atoms. The topological polar surface area (TPSA) is 99.0 Å². The molecule has 2 N–H and O–H groups in total. The maximum Gasteiger partial charge on any atom is 0.335 e. The number of nitrogens with zero attached hydrogens (tertiary/aromatic N) is 2. The molecule has 0 atom stereocenters. The number of allylic oxidation sites excluding steroid dienone is 1. The van der Waals surface area contributed by atoms with Crippen LogP contribution in [0, 0.1) is 11.3 Å². The first-order valence-corrected chi connectivity index (χ1v) is 10.1. The van der Waals surface area contributed by atoms with Gasteiger partial charge < -0.3 is 14.8 Å². The van der Waals surface area contributed by atoms with E-state index in [0.717, 1.165) is 21.1 Å². The lowest BCUT2D eigenvalue weighted by molar-refractivity contribution is 0.0697. The zero-order chi connectivity index (χ0) is 21.8. The predicted octanol–water partition coefficient (Wildman–Crippen LogP) is 5.67. The van der Waals surface area contributed by atoms with E-state index in [0.29, 0.717) is 22.7 Å². The van der Waals surface area contributed by atoms with E-state index in [1.54, 1.807) is 30.3 Å². The van der Waals surface area contributed by atoms with Crippen LogP contribution in [0.15, 0.2) is 71.2 Å². The third kappa shape index (κ3) is 4.65. The van der Waals surface area contributed by atoms with E-state index in [2.05, 4.69) is 32.0 Å². The smallest absolute Gasteiger partial charge is 0.335 e. The van der Waals surface area contributed by atoms with Crippen LogP contribution in [0.2, 0.25) is 0 Å². The van der Waals surface area contributed by atoms with Crippen molar-refractivity contribution < 1.29 is 14.6 Å². The highest BCUT2D eigenvalue weighted by molar-refractivity contribution is 9.10. The number of imidazole rings is 1. The normalized spacial score (nSPS) is 11.3. The minimum absolute atomic E-state index is 0.223. The molecule has 1 aromatic heterocycles. The molecule has 0 saturated heterocycles. The molecule has 152 valence electrons. The first kappa shape index (κ1) is 20.4. The highest BCUT2D eigenvalue weighted by Gasteiger charge is 2.11. The fraction of sp³-hybridized carbons (Fsp3) is 0.0417. The minimum atomic E-state index is -0.970. The van der Waals surface area contributed by atoms with Crippen LogP contribution < -0.4 is 4.74 Å². The molecule has 0 radical (unpaired) electrons. The van der Waals surface area contributed by atoms with Crippen molar-refractivity contribution in [3.8, 4) is 11.8 Å². The average molecular weight is 474 g/mol. The van der Waals surface area contributed by atoms with E-state index in [1.165, 1.54) is 0 Å². The van der Waals surface area contributed by atoms with Crippen LogP contribution in [0.1, 0.15) is 27.3 Å². The summed E-state index contributed by atoms with van der Waals surface area (Å²) in [6.45, 7) is 0.259. The molecule has 4 rings (SSSR count). The summed E-state index contributed by atoms with van der Waals surface area (Å²) in [7, 11) is 0. The zero-order valence-electron chi connectivity index (χ0n) is 16.2. The number of nitrogens with one attached hydrogen (secondary N) is 1. The Labute approximate surface area is 186 Å². The average Bonchev–Trinajstić information content (AvgIpc) is 3.21. The van der Waals surface area contributed by atoms with Gasteiger partial charge in [0.1, 0.15) is 24.3 Å².